The molecule has 5 nitrogen and oxygen atoms in total. The van der Waals surface area contributed by atoms with Gasteiger partial charge in [-0.25, -0.2) is 0 Å². The van der Waals surface area contributed by atoms with Crippen LogP contribution < -0.4 is 0 Å². The third kappa shape index (κ3) is 5.20. The molecule has 0 radical (unpaired) electrons. The SMILES string of the molecule is CC1C=CCC(CC(=O)OCC2=C(CO)CCCC2)C1CC(=O)O. The fraction of sp³-hybridized carbons (Fsp3) is 0.684. The van der Waals surface area contributed by atoms with Crippen molar-refractivity contribution in [2.45, 2.75) is 51.9 Å². The summed E-state index contributed by atoms with van der Waals surface area (Å²) in [4.78, 5) is 23.3. The molecule has 3 atom stereocenters. The molecule has 0 aromatic heterocycles. The molecule has 134 valence electrons. The summed E-state index contributed by atoms with van der Waals surface area (Å²) in [5, 5.41) is 18.5. The second-order valence-electron chi connectivity index (χ2n) is 6.98. The maximum Gasteiger partial charge on any atom is 0.306 e. The number of allylic oxidation sites excluding steroid dienone is 2. The summed E-state index contributed by atoms with van der Waals surface area (Å²) in [6.45, 7) is 2.30. The van der Waals surface area contributed by atoms with Crippen molar-refractivity contribution in [3.63, 3.8) is 0 Å². The molecule has 0 bridgehead atoms. The number of carbonyl (C=O) groups is 2. The molecule has 3 unspecified atom stereocenters. The van der Waals surface area contributed by atoms with Crippen LogP contribution in [-0.2, 0) is 14.3 Å². The summed E-state index contributed by atoms with van der Waals surface area (Å²) in [5.74, 6) is -0.934. The number of ether oxygens (including phenoxy) is 1. The van der Waals surface area contributed by atoms with Gasteiger partial charge in [-0.05, 0) is 61.0 Å². The van der Waals surface area contributed by atoms with E-state index >= 15 is 0 Å². The van der Waals surface area contributed by atoms with Crippen LogP contribution in [0.25, 0.3) is 0 Å². The van der Waals surface area contributed by atoms with Gasteiger partial charge >= 0.3 is 11.9 Å². The van der Waals surface area contributed by atoms with Crippen LogP contribution in [0, 0.1) is 17.8 Å². The predicted octanol–water partition coefficient (Wildman–Crippen LogP) is 3.09. The first-order valence-electron chi connectivity index (χ1n) is 8.86. The topological polar surface area (TPSA) is 83.8 Å². The van der Waals surface area contributed by atoms with Crippen molar-refractivity contribution in [2.24, 2.45) is 17.8 Å². The van der Waals surface area contributed by atoms with Gasteiger partial charge in [-0.1, -0.05) is 19.1 Å². The van der Waals surface area contributed by atoms with Crippen LogP contribution in [0.5, 0.6) is 0 Å². The predicted molar refractivity (Wildman–Crippen MR) is 90.3 cm³/mol. The number of carboxylic acids is 1. The number of hydrogen-bond donors (Lipinski definition) is 2. The summed E-state index contributed by atoms with van der Waals surface area (Å²) >= 11 is 0. The summed E-state index contributed by atoms with van der Waals surface area (Å²) in [5.41, 5.74) is 2.06. The molecule has 0 saturated carbocycles. The minimum absolute atomic E-state index is 0.0197. The number of carbonyl (C=O) groups excluding carboxylic acids is 1. The Morgan fingerprint density at radius 3 is 2.58 bits per heavy atom. The number of aliphatic hydroxyl groups is 1. The molecule has 0 heterocycles. The zero-order valence-electron chi connectivity index (χ0n) is 14.4. The molecule has 0 fully saturated rings. The minimum Gasteiger partial charge on any atom is -0.481 e. The third-order valence-corrected chi connectivity index (χ3v) is 5.30. The van der Waals surface area contributed by atoms with Crippen LogP contribution >= 0.6 is 0 Å². The van der Waals surface area contributed by atoms with E-state index in [9.17, 15) is 14.7 Å². The van der Waals surface area contributed by atoms with E-state index in [1.165, 1.54) is 0 Å². The number of hydrogen-bond acceptors (Lipinski definition) is 4. The van der Waals surface area contributed by atoms with Gasteiger partial charge in [0.1, 0.15) is 6.61 Å². The van der Waals surface area contributed by atoms with Crippen molar-refractivity contribution >= 4 is 11.9 Å². The third-order valence-electron chi connectivity index (χ3n) is 5.30. The highest BCUT2D eigenvalue weighted by Gasteiger charge is 2.31. The molecule has 2 rings (SSSR count). The highest BCUT2D eigenvalue weighted by Crippen LogP contribution is 2.35. The van der Waals surface area contributed by atoms with Crippen LogP contribution in [0.15, 0.2) is 23.3 Å². The van der Waals surface area contributed by atoms with E-state index in [1.807, 2.05) is 19.1 Å². The molecule has 0 aliphatic heterocycles. The number of aliphatic hydroxyl groups excluding tert-OH is 1. The number of esters is 1. The summed E-state index contributed by atoms with van der Waals surface area (Å²) < 4.78 is 5.43. The van der Waals surface area contributed by atoms with Crippen molar-refractivity contribution in [1.29, 1.82) is 0 Å². The Labute approximate surface area is 143 Å². The summed E-state index contributed by atoms with van der Waals surface area (Å²) in [6.07, 6.45) is 9.06. The first-order chi connectivity index (χ1) is 11.5. The second-order valence-corrected chi connectivity index (χ2v) is 6.98. The molecule has 2 N–H and O–H groups in total. The molecule has 5 heteroatoms. The fourth-order valence-electron chi connectivity index (χ4n) is 3.84. The molecule has 2 aliphatic rings. The van der Waals surface area contributed by atoms with Gasteiger partial charge in [-0.15, -0.1) is 0 Å². The van der Waals surface area contributed by atoms with E-state index in [4.69, 9.17) is 9.84 Å². The first kappa shape index (κ1) is 18.7. The maximum atomic E-state index is 12.2. The lowest BCUT2D eigenvalue weighted by Crippen LogP contribution is -2.28. The molecule has 0 aromatic carbocycles. The van der Waals surface area contributed by atoms with Gasteiger partial charge in [0.05, 0.1) is 6.61 Å². The van der Waals surface area contributed by atoms with Crippen LogP contribution in [0.1, 0.15) is 51.9 Å². The van der Waals surface area contributed by atoms with E-state index in [-0.39, 0.29) is 49.8 Å². The Morgan fingerprint density at radius 2 is 1.92 bits per heavy atom. The molecule has 24 heavy (non-hydrogen) atoms. The molecule has 0 saturated heterocycles. The van der Waals surface area contributed by atoms with Crippen LogP contribution in [0.4, 0.5) is 0 Å². The van der Waals surface area contributed by atoms with Gasteiger partial charge < -0.3 is 14.9 Å². The Kier molecular flexibility index (Phi) is 7.03. The van der Waals surface area contributed by atoms with Gasteiger partial charge in [-0.2, -0.15) is 0 Å². The fourth-order valence-corrected chi connectivity index (χ4v) is 3.84. The van der Waals surface area contributed by atoms with Gasteiger partial charge in [0, 0.05) is 12.8 Å². The Hall–Kier alpha value is -1.62. The quantitative estimate of drug-likeness (QED) is 0.551. The zero-order chi connectivity index (χ0) is 17.5. The molecular formula is C19H28O5. The van der Waals surface area contributed by atoms with E-state index in [2.05, 4.69) is 0 Å². The lowest BCUT2D eigenvalue weighted by Gasteiger charge is -2.31. The summed E-state index contributed by atoms with van der Waals surface area (Å²) in [7, 11) is 0. The highest BCUT2D eigenvalue weighted by atomic mass is 16.5. The smallest absolute Gasteiger partial charge is 0.306 e. The monoisotopic (exact) mass is 336 g/mol. The summed E-state index contributed by atoms with van der Waals surface area (Å²) in [6, 6.07) is 0. The lowest BCUT2D eigenvalue weighted by molar-refractivity contribution is -0.146. The first-order valence-corrected chi connectivity index (χ1v) is 8.86. The molecule has 0 spiro atoms. The van der Waals surface area contributed by atoms with Crippen molar-refractivity contribution in [3.8, 4) is 0 Å². The van der Waals surface area contributed by atoms with Crippen molar-refractivity contribution < 1.29 is 24.5 Å². The zero-order valence-corrected chi connectivity index (χ0v) is 14.4. The maximum absolute atomic E-state index is 12.2. The number of aliphatic carboxylic acids is 1. The Morgan fingerprint density at radius 1 is 1.21 bits per heavy atom. The second kappa shape index (κ2) is 9.02. The van der Waals surface area contributed by atoms with E-state index in [0.717, 1.165) is 43.3 Å². The van der Waals surface area contributed by atoms with Gasteiger partial charge in [0.15, 0.2) is 0 Å². The van der Waals surface area contributed by atoms with E-state index < -0.39 is 5.97 Å². The minimum atomic E-state index is -0.819. The van der Waals surface area contributed by atoms with Crippen molar-refractivity contribution in [1.82, 2.24) is 0 Å². The molecule has 0 aromatic rings. The van der Waals surface area contributed by atoms with Crippen LogP contribution in [-0.4, -0.2) is 35.4 Å². The van der Waals surface area contributed by atoms with Crippen molar-refractivity contribution in [2.75, 3.05) is 13.2 Å². The number of rotatable bonds is 7. The van der Waals surface area contributed by atoms with Gasteiger partial charge in [0.25, 0.3) is 0 Å². The van der Waals surface area contributed by atoms with Crippen LogP contribution in [0.3, 0.4) is 0 Å². The van der Waals surface area contributed by atoms with E-state index in [1.54, 1.807) is 0 Å². The standard InChI is InChI=1S/C19H28O5/c1-13-5-4-8-14(17(13)10-18(21)22)9-19(23)24-12-16-7-3-2-6-15(16)11-20/h4-5,13-14,17,20H,2-3,6-12H2,1H3,(H,21,22). The average Bonchev–Trinajstić information content (AvgIpc) is 2.56. The largest absolute Gasteiger partial charge is 0.481 e. The van der Waals surface area contributed by atoms with Crippen molar-refractivity contribution in [3.05, 3.63) is 23.3 Å². The molecular weight excluding hydrogens is 308 g/mol. The van der Waals surface area contributed by atoms with E-state index in [0.29, 0.717) is 0 Å². The highest BCUT2D eigenvalue weighted by molar-refractivity contribution is 5.71. The normalized spacial score (nSPS) is 27.2. The molecule has 2 aliphatic carbocycles. The Balaban J connectivity index is 1.89. The van der Waals surface area contributed by atoms with Gasteiger partial charge in [0.2, 0.25) is 0 Å². The Bertz CT molecular complexity index is 520. The average molecular weight is 336 g/mol. The van der Waals surface area contributed by atoms with Gasteiger partial charge in [-0.3, -0.25) is 9.59 Å². The molecule has 0 amide bonds. The lowest BCUT2D eigenvalue weighted by atomic mass is 9.73. The van der Waals surface area contributed by atoms with Crippen LogP contribution in [0.2, 0.25) is 0 Å². The number of carboxylic acid groups (broad SMARTS) is 1.